The quantitative estimate of drug-likeness (QED) is 0.208. The summed E-state index contributed by atoms with van der Waals surface area (Å²) in [5.74, 6) is -2.21. The van der Waals surface area contributed by atoms with Crippen molar-refractivity contribution in [3.8, 4) is 0 Å². The maximum Gasteiger partial charge on any atom is 0.261 e. The zero-order chi connectivity index (χ0) is 29.5. The van der Waals surface area contributed by atoms with Crippen molar-refractivity contribution in [3.63, 3.8) is 0 Å². The van der Waals surface area contributed by atoms with Crippen LogP contribution in [-0.4, -0.2) is 75.2 Å². The van der Waals surface area contributed by atoms with Crippen LogP contribution in [0.15, 0.2) is 24.3 Å². The third-order valence-electron chi connectivity index (χ3n) is 6.17. The molecule has 0 saturated heterocycles. The van der Waals surface area contributed by atoms with E-state index in [9.17, 15) is 28.8 Å². The molecule has 2 rings (SSSR count). The number of hydrogen-bond acceptors (Lipinski definition) is 8. The average Bonchev–Trinajstić information content (AvgIpc) is 3.09. The van der Waals surface area contributed by atoms with E-state index in [0.29, 0.717) is 17.5 Å². The molecule has 1 aliphatic heterocycles. The lowest BCUT2D eigenvalue weighted by atomic mass is 9.99. The maximum absolute atomic E-state index is 13.3. The lowest BCUT2D eigenvalue weighted by molar-refractivity contribution is -0.132. The van der Waals surface area contributed by atoms with Gasteiger partial charge >= 0.3 is 0 Å². The highest BCUT2D eigenvalue weighted by Gasteiger charge is 2.37. The van der Waals surface area contributed by atoms with Gasteiger partial charge in [-0.1, -0.05) is 37.7 Å². The van der Waals surface area contributed by atoms with E-state index in [-0.39, 0.29) is 42.2 Å². The van der Waals surface area contributed by atoms with E-state index >= 15 is 0 Å². The van der Waals surface area contributed by atoms with E-state index in [2.05, 4.69) is 28.6 Å². The minimum absolute atomic E-state index is 0.0382. The molecule has 0 aromatic heterocycles. The van der Waals surface area contributed by atoms with Crippen molar-refractivity contribution in [2.24, 2.45) is 5.92 Å². The lowest BCUT2D eigenvalue weighted by Crippen LogP contribution is -2.59. The molecule has 0 bridgehead atoms. The summed E-state index contributed by atoms with van der Waals surface area (Å²) in [6, 6.07) is 4.67. The summed E-state index contributed by atoms with van der Waals surface area (Å²) in [4.78, 5) is 77.2. The van der Waals surface area contributed by atoms with Crippen molar-refractivity contribution >= 4 is 59.0 Å². The number of imide groups is 1. The highest BCUT2D eigenvalue weighted by atomic mass is 32.2. The number of carbonyl (C=O) groups excluding carboxylic acids is 6. The van der Waals surface area contributed by atoms with Crippen LogP contribution in [0.3, 0.4) is 0 Å². The Labute approximate surface area is 239 Å². The molecular formula is C27H38N4O6S2. The number of benzene rings is 1. The number of rotatable bonds is 13. The Kier molecular flexibility index (Phi) is 11.6. The molecule has 214 valence electrons. The smallest absolute Gasteiger partial charge is 0.261 e. The minimum Gasteiger partial charge on any atom is -0.357 e. The molecule has 1 aliphatic rings. The standard InChI is InChI=1S/C27H38N4O6S2/c1-15(2)14-19(22(33)30-21(24(35)28-6)27(4,5)38)29-23(34)20(39-16(3)32)12-9-13-31-25(36)17-10-7-8-11-18(17)26(31)37/h7-8,10-11,15,19-21,38H,9,12-14H2,1-6H3,(H,28,35)(H,29,34)(H,30,33)/t19-,20+,21?/m0/s1. The van der Waals surface area contributed by atoms with Gasteiger partial charge in [-0.05, 0) is 51.2 Å². The predicted octanol–water partition coefficient (Wildman–Crippen LogP) is 2.18. The summed E-state index contributed by atoms with van der Waals surface area (Å²) in [6.07, 6.45) is 0.791. The fourth-order valence-electron chi connectivity index (χ4n) is 4.24. The van der Waals surface area contributed by atoms with E-state index in [4.69, 9.17) is 0 Å². The lowest BCUT2D eigenvalue weighted by Gasteiger charge is -2.31. The van der Waals surface area contributed by atoms with Crippen LogP contribution in [0, 0.1) is 5.92 Å². The Morgan fingerprint density at radius 1 is 0.974 bits per heavy atom. The van der Waals surface area contributed by atoms with Crippen molar-refractivity contribution in [3.05, 3.63) is 35.4 Å². The van der Waals surface area contributed by atoms with Gasteiger partial charge in [0.2, 0.25) is 17.7 Å². The van der Waals surface area contributed by atoms with Gasteiger partial charge in [-0.3, -0.25) is 33.7 Å². The average molecular weight is 579 g/mol. The van der Waals surface area contributed by atoms with Crippen LogP contribution < -0.4 is 16.0 Å². The topological polar surface area (TPSA) is 142 Å². The molecule has 0 fully saturated rings. The van der Waals surface area contributed by atoms with Crippen LogP contribution in [0.2, 0.25) is 0 Å². The first-order chi connectivity index (χ1) is 18.2. The van der Waals surface area contributed by atoms with Crippen LogP contribution in [0.25, 0.3) is 0 Å². The molecule has 0 aliphatic carbocycles. The number of carbonyl (C=O) groups is 6. The fraction of sp³-hybridized carbons (Fsp3) is 0.556. The number of fused-ring (bicyclic) bond motifs is 1. The molecule has 0 radical (unpaired) electrons. The summed E-state index contributed by atoms with van der Waals surface area (Å²) in [5, 5.41) is 6.84. The number of amides is 5. The first-order valence-electron chi connectivity index (χ1n) is 12.8. The van der Waals surface area contributed by atoms with Crippen LogP contribution in [0.5, 0.6) is 0 Å². The van der Waals surface area contributed by atoms with Crippen molar-refractivity contribution in [1.82, 2.24) is 20.9 Å². The number of nitrogens with zero attached hydrogens (tertiary/aromatic N) is 1. The number of nitrogens with one attached hydrogen (secondary N) is 3. The molecule has 0 saturated carbocycles. The van der Waals surface area contributed by atoms with Crippen molar-refractivity contribution in [1.29, 1.82) is 0 Å². The van der Waals surface area contributed by atoms with E-state index in [0.717, 1.165) is 16.7 Å². The molecule has 1 heterocycles. The molecule has 1 aromatic rings. The number of thioether (sulfide) groups is 1. The molecule has 3 atom stereocenters. The third-order valence-corrected chi connectivity index (χ3v) is 7.49. The highest BCUT2D eigenvalue weighted by molar-refractivity contribution is 8.14. The van der Waals surface area contributed by atoms with Crippen LogP contribution in [-0.2, 0) is 19.2 Å². The van der Waals surface area contributed by atoms with Crippen molar-refractivity contribution in [2.45, 2.75) is 76.0 Å². The van der Waals surface area contributed by atoms with Crippen molar-refractivity contribution in [2.75, 3.05) is 13.6 Å². The Morgan fingerprint density at radius 3 is 2.00 bits per heavy atom. The van der Waals surface area contributed by atoms with Gasteiger partial charge in [0.15, 0.2) is 5.12 Å². The summed E-state index contributed by atoms with van der Waals surface area (Å²) >= 11 is 5.28. The number of thiol groups is 1. The zero-order valence-corrected chi connectivity index (χ0v) is 24.9. The van der Waals surface area contributed by atoms with E-state index in [1.165, 1.54) is 14.0 Å². The van der Waals surface area contributed by atoms with Gasteiger partial charge in [0.05, 0.1) is 16.4 Å². The van der Waals surface area contributed by atoms with Crippen LogP contribution in [0.4, 0.5) is 0 Å². The zero-order valence-electron chi connectivity index (χ0n) is 23.2. The third kappa shape index (κ3) is 8.82. The van der Waals surface area contributed by atoms with Gasteiger partial charge in [-0.2, -0.15) is 12.6 Å². The monoisotopic (exact) mass is 578 g/mol. The van der Waals surface area contributed by atoms with Gasteiger partial charge < -0.3 is 16.0 Å². The normalized spacial score (nSPS) is 15.4. The molecule has 1 unspecified atom stereocenters. The second-order valence-electron chi connectivity index (χ2n) is 10.4. The van der Waals surface area contributed by atoms with Gasteiger partial charge in [0, 0.05) is 25.3 Å². The fourth-order valence-corrected chi connectivity index (χ4v) is 5.28. The van der Waals surface area contributed by atoms with Gasteiger partial charge in [-0.25, -0.2) is 0 Å². The number of hydrogen-bond donors (Lipinski definition) is 4. The molecule has 1 aromatic carbocycles. The van der Waals surface area contributed by atoms with Gasteiger partial charge in [0.1, 0.15) is 12.1 Å². The summed E-state index contributed by atoms with van der Waals surface area (Å²) < 4.78 is -0.876. The Bertz CT molecular complexity index is 1080. The first kappa shape index (κ1) is 32.4. The molecule has 10 nitrogen and oxygen atoms in total. The minimum atomic E-state index is -0.952. The van der Waals surface area contributed by atoms with Gasteiger partial charge in [-0.15, -0.1) is 0 Å². The SMILES string of the molecule is CNC(=O)C(NC(=O)[C@H](CC(C)C)NC(=O)[C@@H](CCCN1C(=O)c2ccccc2C1=O)SC(C)=O)C(C)(C)S. The Balaban J connectivity index is 2.11. The second-order valence-corrected chi connectivity index (χ2v) is 13.0. The van der Waals surface area contributed by atoms with E-state index in [1.807, 2.05) is 13.8 Å². The van der Waals surface area contributed by atoms with E-state index < -0.39 is 39.8 Å². The Hall–Kier alpha value is -2.86. The molecule has 12 heteroatoms. The van der Waals surface area contributed by atoms with Gasteiger partial charge in [0.25, 0.3) is 11.8 Å². The molecule has 39 heavy (non-hydrogen) atoms. The summed E-state index contributed by atoms with van der Waals surface area (Å²) in [7, 11) is 1.46. The summed E-state index contributed by atoms with van der Waals surface area (Å²) in [5.41, 5.74) is 0.689. The second kappa shape index (κ2) is 14.0. The van der Waals surface area contributed by atoms with Crippen LogP contribution in [0.1, 0.15) is 74.6 Å². The van der Waals surface area contributed by atoms with Crippen LogP contribution >= 0.6 is 24.4 Å². The molecule has 5 amide bonds. The molecule has 3 N–H and O–H groups in total. The maximum atomic E-state index is 13.3. The molecular weight excluding hydrogens is 540 g/mol. The molecule has 0 spiro atoms. The first-order valence-corrected chi connectivity index (χ1v) is 14.2. The highest BCUT2D eigenvalue weighted by Crippen LogP contribution is 2.25. The summed E-state index contributed by atoms with van der Waals surface area (Å²) in [6.45, 7) is 8.62. The predicted molar refractivity (Wildman–Crippen MR) is 154 cm³/mol. The van der Waals surface area contributed by atoms with E-state index in [1.54, 1.807) is 38.1 Å². The largest absolute Gasteiger partial charge is 0.357 e. The number of likely N-dealkylation sites (N-methyl/N-ethyl adjacent to an activating group) is 1. The Morgan fingerprint density at radius 2 is 1.54 bits per heavy atom. The van der Waals surface area contributed by atoms with Crippen molar-refractivity contribution < 1.29 is 28.8 Å².